The summed E-state index contributed by atoms with van der Waals surface area (Å²) in [5.41, 5.74) is 1.56. The Kier molecular flexibility index (Phi) is 5.33. The number of hydrogen-bond acceptors (Lipinski definition) is 2. The molecule has 1 saturated heterocycles. The van der Waals surface area contributed by atoms with Crippen molar-refractivity contribution in [2.24, 2.45) is 7.05 Å². The molecule has 6 nitrogen and oxygen atoms in total. The highest BCUT2D eigenvalue weighted by Gasteiger charge is 2.42. The third kappa shape index (κ3) is 3.82. The molecule has 0 unspecified atom stereocenters. The predicted molar refractivity (Wildman–Crippen MR) is 109 cm³/mol. The average molecular weight is 453 g/mol. The van der Waals surface area contributed by atoms with Crippen molar-refractivity contribution in [3.8, 4) is 5.69 Å². The van der Waals surface area contributed by atoms with Crippen LogP contribution in [0.3, 0.4) is 0 Å². The summed E-state index contributed by atoms with van der Waals surface area (Å²) in [6.07, 6.45) is -0.432. The summed E-state index contributed by atoms with van der Waals surface area (Å²) in [6, 6.07) is 6.52. The number of rotatable bonds is 4. The van der Waals surface area contributed by atoms with Gasteiger partial charge < -0.3 is 4.90 Å². The minimum atomic E-state index is -4.46. The summed E-state index contributed by atoms with van der Waals surface area (Å²) < 4.78 is 43.7. The van der Waals surface area contributed by atoms with E-state index < -0.39 is 17.8 Å². The number of nitrogens with zero attached hydrogens (tertiary/aromatic N) is 5. The number of aromatic nitrogens is 4. The molecule has 0 N–H and O–H groups in total. The number of amides is 1. The maximum Gasteiger partial charge on any atom is 0.423 e. The lowest BCUT2D eigenvalue weighted by Gasteiger charge is -2.19. The van der Waals surface area contributed by atoms with E-state index in [0.717, 1.165) is 23.8 Å². The zero-order valence-electron chi connectivity index (χ0n) is 17.3. The third-order valence-electron chi connectivity index (χ3n) is 5.48. The van der Waals surface area contributed by atoms with Gasteiger partial charge in [-0.05, 0) is 30.2 Å². The Bertz CT molecular complexity index is 1120. The number of anilines is 1. The molecule has 1 fully saturated rings. The highest BCUT2D eigenvalue weighted by Crippen LogP contribution is 2.36. The first-order valence-corrected chi connectivity index (χ1v) is 10.3. The van der Waals surface area contributed by atoms with Gasteiger partial charge in [-0.3, -0.25) is 4.79 Å². The molecule has 1 atom stereocenters. The summed E-state index contributed by atoms with van der Waals surface area (Å²) in [7, 11) is 1.50. The topological polar surface area (TPSA) is 46.9 Å². The van der Waals surface area contributed by atoms with Gasteiger partial charge in [0.15, 0.2) is 13.1 Å². The molecular weight excluding hydrogens is 431 g/mol. The number of alkyl halides is 3. The minimum Gasteiger partial charge on any atom is -0.307 e. The zero-order valence-corrected chi connectivity index (χ0v) is 18.0. The molecule has 31 heavy (non-hydrogen) atoms. The molecule has 1 aromatic carbocycles. The molecule has 10 heteroatoms. The van der Waals surface area contributed by atoms with Gasteiger partial charge in [0, 0.05) is 18.0 Å². The van der Waals surface area contributed by atoms with Crippen molar-refractivity contribution in [1.82, 2.24) is 14.5 Å². The van der Waals surface area contributed by atoms with Crippen LogP contribution < -0.4 is 9.58 Å². The monoisotopic (exact) mass is 452 g/mol. The summed E-state index contributed by atoms with van der Waals surface area (Å²) >= 11 is 5.99. The standard InChI is InChI=1S/C21H22ClF3N5O/c1-13(2)19-18(10-26-30(19)16-6-4-15(22)5-7-16)28-9-8-17(20(28)31)29-12-14(11-27(29)3)21(23,24)25/h4-7,10-13,17H,8-9H2,1-3H3/q+1/t17-/m0/s1. The first-order valence-electron chi connectivity index (χ1n) is 9.88. The number of halogens is 4. The van der Waals surface area contributed by atoms with Crippen LogP contribution in [0.15, 0.2) is 42.9 Å². The second-order valence-corrected chi connectivity index (χ2v) is 8.35. The minimum absolute atomic E-state index is 0.0551. The quantitative estimate of drug-likeness (QED) is 0.555. The lowest BCUT2D eigenvalue weighted by atomic mass is 10.1. The van der Waals surface area contributed by atoms with Crippen LogP contribution in [0.2, 0.25) is 5.02 Å². The van der Waals surface area contributed by atoms with E-state index in [4.69, 9.17) is 11.6 Å². The molecule has 164 valence electrons. The van der Waals surface area contributed by atoms with Crippen molar-refractivity contribution >= 4 is 23.2 Å². The van der Waals surface area contributed by atoms with E-state index in [1.165, 1.54) is 16.4 Å². The molecule has 3 heterocycles. The maximum absolute atomic E-state index is 13.2. The van der Waals surface area contributed by atoms with E-state index in [-0.39, 0.29) is 11.8 Å². The van der Waals surface area contributed by atoms with E-state index in [2.05, 4.69) is 5.10 Å². The molecule has 0 spiro atoms. The van der Waals surface area contributed by atoms with Crippen molar-refractivity contribution in [2.45, 2.75) is 38.4 Å². The Balaban J connectivity index is 1.68. The van der Waals surface area contributed by atoms with E-state index in [1.54, 1.807) is 27.9 Å². The van der Waals surface area contributed by atoms with Crippen LogP contribution in [0.5, 0.6) is 0 Å². The molecule has 0 aliphatic carbocycles. The van der Waals surface area contributed by atoms with Gasteiger partial charge in [0.1, 0.15) is 5.56 Å². The Morgan fingerprint density at radius 1 is 1.23 bits per heavy atom. The van der Waals surface area contributed by atoms with Crippen LogP contribution in [-0.2, 0) is 18.0 Å². The summed E-state index contributed by atoms with van der Waals surface area (Å²) in [4.78, 5) is 14.9. The van der Waals surface area contributed by atoms with Gasteiger partial charge in [0.25, 0.3) is 5.91 Å². The predicted octanol–water partition coefficient (Wildman–Crippen LogP) is 4.27. The van der Waals surface area contributed by atoms with Crippen molar-refractivity contribution in [1.29, 1.82) is 0 Å². The Morgan fingerprint density at radius 2 is 1.90 bits per heavy atom. The molecule has 1 aliphatic rings. The third-order valence-corrected chi connectivity index (χ3v) is 5.73. The average Bonchev–Trinajstić information content (AvgIpc) is 3.38. The smallest absolute Gasteiger partial charge is 0.307 e. The van der Waals surface area contributed by atoms with Gasteiger partial charge in [0.2, 0.25) is 6.20 Å². The lowest BCUT2D eigenvalue weighted by Crippen LogP contribution is -2.42. The van der Waals surface area contributed by atoms with Crippen molar-refractivity contribution in [3.05, 3.63) is 59.1 Å². The number of carbonyl (C=O) groups excluding carboxylic acids is 1. The summed E-state index contributed by atoms with van der Waals surface area (Å²) in [5.74, 6) is -0.197. The van der Waals surface area contributed by atoms with Crippen molar-refractivity contribution in [2.75, 3.05) is 11.4 Å². The van der Waals surface area contributed by atoms with Crippen LogP contribution in [0.1, 0.15) is 43.5 Å². The van der Waals surface area contributed by atoms with Gasteiger partial charge in [0.05, 0.1) is 29.5 Å². The van der Waals surface area contributed by atoms with Crippen LogP contribution in [0, 0.1) is 0 Å². The number of aryl methyl sites for hydroxylation is 1. The molecule has 2 aromatic heterocycles. The highest BCUT2D eigenvalue weighted by atomic mass is 35.5. The first-order chi connectivity index (χ1) is 14.6. The number of hydrogen-bond donors (Lipinski definition) is 0. The lowest BCUT2D eigenvalue weighted by molar-refractivity contribution is -0.755. The normalized spacial score (nSPS) is 17.2. The number of benzene rings is 1. The molecule has 0 saturated carbocycles. The number of carbonyl (C=O) groups is 1. The molecule has 4 rings (SSSR count). The first kappa shape index (κ1) is 21.4. The molecule has 3 aromatic rings. The molecule has 1 amide bonds. The van der Waals surface area contributed by atoms with E-state index in [9.17, 15) is 18.0 Å². The summed E-state index contributed by atoms with van der Waals surface area (Å²) in [6.45, 7) is 4.41. The van der Waals surface area contributed by atoms with Crippen LogP contribution in [-0.4, -0.2) is 26.9 Å². The van der Waals surface area contributed by atoms with Crippen LogP contribution >= 0.6 is 11.6 Å². The molecule has 1 aliphatic heterocycles. The van der Waals surface area contributed by atoms with Gasteiger partial charge >= 0.3 is 6.18 Å². The second-order valence-electron chi connectivity index (χ2n) is 7.92. The van der Waals surface area contributed by atoms with Gasteiger partial charge in [-0.15, -0.1) is 9.36 Å². The molecular formula is C21H22ClF3N5O+. The van der Waals surface area contributed by atoms with Crippen molar-refractivity contribution < 1.29 is 22.6 Å². The van der Waals surface area contributed by atoms with Gasteiger partial charge in [-0.2, -0.15) is 18.3 Å². The fraction of sp³-hybridized carbons (Fsp3) is 0.381. The van der Waals surface area contributed by atoms with Gasteiger partial charge in [-0.25, -0.2) is 4.68 Å². The zero-order chi connectivity index (χ0) is 22.5. The molecule has 0 radical (unpaired) electrons. The Hall–Kier alpha value is -2.81. The van der Waals surface area contributed by atoms with E-state index in [1.807, 2.05) is 26.0 Å². The maximum atomic E-state index is 13.2. The SMILES string of the molecule is CC(C)c1c(N2CC[C@H](n3cc(C(F)(F)F)c[n+]3C)C2=O)cnn1-c1ccc(Cl)cc1. The van der Waals surface area contributed by atoms with E-state index >= 15 is 0 Å². The fourth-order valence-corrected chi connectivity index (χ4v) is 4.15. The van der Waals surface area contributed by atoms with Crippen molar-refractivity contribution in [3.63, 3.8) is 0 Å². The summed E-state index contributed by atoms with van der Waals surface area (Å²) in [5, 5.41) is 5.10. The highest BCUT2D eigenvalue weighted by molar-refractivity contribution is 6.30. The largest absolute Gasteiger partial charge is 0.423 e. The van der Waals surface area contributed by atoms with Crippen LogP contribution in [0.4, 0.5) is 18.9 Å². The Labute approximate surface area is 182 Å². The van der Waals surface area contributed by atoms with Crippen LogP contribution in [0.25, 0.3) is 5.69 Å². The Morgan fingerprint density at radius 3 is 2.48 bits per heavy atom. The second kappa shape index (κ2) is 7.71. The van der Waals surface area contributed by atoms with Gasteiger partial charge in [-0.1, -0.05) is 25.4 Å². The molecule has 0 bridgehead atoms. The fourth-order valence-electron chi connectivity index (χ4n) is 4.03. The van der Waals surface area contributed by atoms with E-state index in [0.29, 0.717) is 23.7 Å².